The number of aliphatic hydroxyl groups excluding tert-OH is 1. The third-order valence-corrected chi connectivity index (χ3v) is 5.38. The molecule has 18 heavy (non-hydrogen) atoms. The minimum absolute atomic E-state index is 0.0488. The number of ether oxygens (including phenoxy) is 1. The number of sulfone groups is 1. The van der Waals surface area contributed by atoms with Gasteiger partial charge < -0.3 is 14.7 Å². The number of aliphatic hydroxyl groups is 1. The van der Waals surface area contributed by atoms with Crippen LogP contribution < -0.4 is 0 Å². The molecule has 0 saturated carbocycles. The van der Waals surface area contributed by atoms with Crippen LogP contribution in [0.3, 0.4) is 0 Å². The van der Waals surface area contributed by atoms with Crippen molar-refractivity contribution in [3.05, 3.63) is 0 Å². The van der Waals surface area contributed by atoms with Crippen molar-refractivity contribution < 1.29 is 23.1 Å². The maximum atomic E-state index is 11.8. The summed E-state index contributed by atoms with van der Waals surface area (Å²) in [6.07, 6.45) is 1.66. The number of amides is 1. The van der Waals surface area contributed by atoms with Gasteiger partial charge >= 0.3 is 6.09 Å². The summed E-state index contributed by atoms with van der Waals surface area (Å²) in [4.78, 5) is 13.4. The number of nitrogens with zero attached hydrogens (tertiary/aromatic N) is 1. The largest absolute Gasteiger partial charge is 0.443 e. The van der Waals surface area contributed by atoms with Crippen LogP contribution in [0.25, 0.3) is 0 Å². The van der Waals surface area contributed by atoms with Crippen molar-refractivity contribution >= 4 is 15.9 Å². The summed E-state index contributed by atoms with van der Waals surface area (Å²) in [7, 11) is -2.94. The van der Waals surface area contributed by atoms with Gasteiger partial charge in [0.25, 0.3) is 0 Å². The van der Waals surface area contributed by atoms with Crippen LogP contribution in [0.15, 0.2) is 0 Å². The van der Waals surface area contributed by atoms with E-state index in [9.17, 15) is 13.2 Å². The summed E-state index contributed by atoms with van der Waals surface area (Å²) in [6.45, 7) is 1.12. The highest BCUT2D eigenvalue weighted by Gasteiger charge is 2.44. The van der Waals surface area contributed by atoms with Crippen LogP contribution in [0.1, 0.15) is 25.7 Å². The molecule has 0 atom stereocenters. The lowest BCUT2D eigenvalue weighted by Crippen LogP contribution is -2.53. The third kappa shape index (κ3) is 2.95. The summed E-state index contributed by atoms with van der Waals surface area (Å²) in [5, 5.41) is 8.74. The van der Waals surface area contributed by atoms with Gasteiger partial charge in [0, 0.05) is 39.0 Å². The fourth-order valence-electron chi connectivity index (χ4n) is 2.46. The fraction of sp³-hybridized carbons (Fsp3) is 0.909. The van der Waals surface area contributed by atoms with Crippen LogP contribution in [0, 0.1) is 0 Å². The van der Waals surface area contributed by atoms with Gasteiger partial charge in [0.1, 0.15) is 5.60 Å². The Kier molecular flexibility index (Phi) is 3.82. The highest BCUT2D eigenvalue weighted by atomic mass is 32.2. The molecule has 6 nitrogen and oxygen atoms in total. The first-order chi connectivity index (χ1) is 8.46. The standard InChI is InChI=1S/C11H19NO5S/c13-7-1-5-12-6-2-11(17-10(12)14)3-8-18(15,16)9-4-11/h13H,1-9H2. The maximum Gasteiger partial charge on any atom is 0.410 e. The summed E-state index contributed by atoms with van der Waals surface area (Å²) in [6, 6.07) is 0. The van der Waals surface area contributed by atoms with Crippen molar-refractivity contribution in [2.45, 2.75) is 31.3 Å². The molecule has 0 aliphatic carbocycles. The summed E-state index contributed by atoms with van der Waals surface area (Å²) < 4.78 is 28.2. The van der Waals surface area contributed by atoms with Crippen molar-refractivity contribution in [1.82, 2.24) is 4.90 Å². The molecule has 2 aliphatic heterocycles. The molecule has 0 unspecified atom stereocenters. The fourth-order valence-corrected chi connectivity index (χ4v) is 4.03. The second-order valence-electron chi connectivity index (χ2n) is 5.02. The molecule has 1 spiro atoms. The quantitative estimate of drug-likeness (QED) is 0.794. The Hall–Kier alpha value is -0.820. The summed E-state index contributed by atoms with van der Waals surface area (Å²) >= 11 is 0. The van der Waals surface area contributed by atoms with E-state index in [2.05, 4.69) is 0 Å². The monoisotopic (exact) mass is 277 g/mol. The van der Waals surface area contributed by atoms with Crippen molar-refractivity contribution in [1.29, 1.82) is 0 Å². The molecule has 0 aromatic heterocycles. The van der Waals surface area contributed by atoms with Gasteiger partial charge in [-0.1, -0.05) is 0 Å². The molecule has 104 valence electrons. The second-order valence-corrected chi connectivity index (χ2v) is 7.32. The first-order valence-electron chi connectivity index (χ1n) is 6.26. The SMILES string of the molecule is O=C1OC2(CCN1CCCO)CCS(=O)(=O)CC2. The lowest BCUT2D eigenvalue weighted by Gasteiger charge is -2.43. The molecular formula is C11H19NO5S. The molecule has 1 amide bonds. The number of hydrogen-bond acceptors (Lipinski definition) is 5. The summed E-state index contributed by atoms with van der Waals surface area (Å²) in [5.41, 5.74) is -0.571. The molecule has 0 aromatic rings. The highest BCUT2D eigenvalue weighted by molar-refractivity contribution is 7.91. The Morgan fingerprint density at radius 2 is 1.94 bits per heavy atom. The maximum absolute atomic E-state index is 11.8. The van der Waals surface area contributed by atoms with Crippen LogP contribution in [0.4, 0.5) is 4.79 Å². The van der Waals surface area contributed by atoms with Crippen molar-refractivity contribution in [2.24, 2.45) is 0 Å². The zero-order chi connectivity index (χ0) is 13.2. The Labute approximate surface area is 107 Å². The highest BCUT2D eigenvalue weighted by Crippen LogP contribution is 2.34. The molecule has 2 rings (SSSR count). The van der Waals surface area contributed by atoms with Gasteiger partial charge in [-0.3, -0.25) is 0 Å². The van der Waals surface area contributed by atoms with Gasteiger partial charge in [0.05, 0.1) is 11.5 Å². The van der Waals surface area contributed by atoms with Gasteiger partial charge in [0.15, 0.2) is 9.84 Å². The van der Waals surface area contributed by atoms with E-state index < -0.39 is 15.4 Å². The first kappa shape index (κ1) is 13.6. The zero-order valence-corrected chi connectivity index (χ0v) is 11.1. The van der Waals surface area contributed by atoms with Gasteiger partial charge in [-0.15, -0.1) is 0 Å². The molecule has 0 bridgehead atoms. The van der Waals surface area contributed by atoms with E-state index >= 15 is 0 Å². The molecule has 0 radical (unpaired) electrons. The third-order valence-electron chi connectivity index (χ3n) is 3.72. The van der Waals surface area contributed by atoms with E-state index in [1.165, 1.54) is 0 Å². The van der Waals surface area contributed by atoms with Crippen LogP contribution in [0.2, 0.25) is 0 Å². The van der Waals surface area contributed by atoms with Gasteiger partial charge in [-0.05, 0) is 6.42 Å². The number of hydrogen-bond donors (Lipinski definition) is 1. The van der Waals surface area contributed by atoms with Gasteiger partial charge in [0.2, 0.25) is 0 Å². The Balaban J connectivity index is 1.94. The van der Waals surface area contributed by atoms with E-state index in [1.807, 2.05) is 0 Å². The Morgan fingerprint density at radius 3 is 2.50 bits per heavy atom. The van der Waals surface area contributed by atoms with E-state index in [-0.39, 0.29) is 24.2 Å². The zero-order valence-electron chi connectivity index (χ0n) is 10.3. The lowest BCUT2D eigenvalue weighted by atomic mass is 9.91. The molecule has 1 N–H and O–H groups in total. The molecule has 0 aromatic carbocycles. The second kappa shape index (κ2) is 5.05. The van der Waals surface area contributed by atoms with Crippen molar-refractivity contribution in [3.8, 4) is 0 Å². The van der Waals surface area contributed by atoms with Crippen molar-refractivity contribution in [2.75, 3.05) is 31.2 Å². The van der Waals surface area contributed by atoms with Gasteiger partial charge in [-0.2, -0.15) is 0 Å². The molecule has 2 heterocycles. The van der Waals surface area contributed by atoms with Crippen LogP contribution in [0.5, 0.6) is 0 Å². The Bertz CT molecular complexity index is 405. The average molecular weight is 277 g/mol. The van der Waals surface area contributed by atoms with Crippen LogP contribution in [-0.4, -0.2) is 61.3 Å². The molecular weight excluding hydrogens is 258 g/mol. The smallest absolute Gasteiger partial charge is 0.410 e. The minimum atomic E-state index is -2.94. The van der Waals surface area contributed by atoms with E-state index in [0.29, 0.717) is 38.8 Å². The van der Waals surface area contributed by atoms with E-state index in [0.717, 1.165) is 0 Å². The molecule has 2 fully saturated rings. The van der Waals surface area contributed by atoms with Crippen molar-refractivity contribution in [3.63, 3.8) is 0 Å². The first-order valence-corrected chi connectivity index (χ1v) is 8.08. The van der Waals surface area contributed by atoms with E-state index in [4.69, 9.17) is 9.84 Å². The normalized spacial score (nSPS) is 26.1. The number of carbonyl (C=O) groups is 1. The van der Waals surface area contributed by atoms with Crippen LogP contribution >= 0.6 is 0 Å². The number of carbonyl (C=O) groups excluding carboxylic acids is 1. The number of rotatable bonds is 3. The van der Waals surface area contributed by atoms with Gasteiger partial charge in [-0.25, -0.2) is 13.2 Å². The average Bonchev–Trinajstić information content (AvgIpc) is 2.33. The Morgan fingerprint density at radius 1 is 1.28 bits per heavy atom. The predicted octanol–water partition coefficient (Wildman–Crippen LogP) is 0.159. The molecule has 7 heteroatoms. The lowest BCUT2D eigenvalue weighted by molar-refractivity contribution is -0.0544. The van der Waals surface area contributed by atoms with E-state index in [1.54, 1.807) is 4.90 Å². The molecule has 2 saturated heterocycles. The van der Waals surface area contributed by atoms with Crippen LogP contribution in [-0.2, 0) is 14.6 Å². The minimum Gasteiger partial charge on any atom is -0.443 e. The summed E-state index contributed by atoms with van der Waals surface area (Å²) in [5.74, 6) is 0.216. The molecule has 2 aliphatic rings. The predicted molar refractivity (Wildman–Crippen MR) is 65.0 cm³/mol. The topological polar surface area (TPSA) is 83.9 Å².